The number of nitrogens with zero attached hydrogens (tertiary/aromatic N) is 5. The zero-order valence-electron chi connectivity index (χ0n) is 20.4. The Hall–Kier alpha value is -3.49. The van der Waals surface area contributed by atoms with Crippen LogP contribution in [0.2, 0.25) is 0 Å². The van der Waals surface area contributed by atoms with E-state index in [-0.39, 0.29) is 0 Å². The van der Waals surface area contributed by atoms with Gasteiger partial charge in [-0.2, -0.15) is 5.10 Å². The van der Waals surface area contributed by atoms with Crippen molar-refractivity contribution in [1.29, 1.82) is 0 Å². The highest BCUT2D eigenvalue weighted by Gasteiger charge is 2.12. The van der Waals surface area contributed by atoms with Gasteiger partial charge in [-0.3, -0.25) is 4.90 Å². The summed E-state index contributed by atoms with van der Waals surface area (Å²) in [7, 11) is 0. The molecule has 8 heteroatoms. The summed E-state index contributed by atoms with van der Waals surface area (Å²) in [5, 5.41) is 8.92. The number of aromatic nitrogens is 4. The number of ether oxygens (including phenoxy) is 2. The Morgan fingerprint density at radius 1 is 1.00 bits per heavy atom. The van der Waals surface area contributed by atoms with Crippen LogP contribution >= 0.6 is 0 Å². The Bertz CT molecular complexity index is 1240. The Kier molecular flexibility index (Phi) is 7.20. The molecule has 0 radical (unpaired) electrons. The van der Waals surface area contributed by atoms with Crippen LogP contribution in [-0.4, -0.2) is 64.1 Å². The van der Waals surface area contributed by atoms with E-state index in [1.807, 2.05) is 23.0 Å². The molecule has 1 saturated heterocycles. The highest BCUT2D eigenvalue weighted by molar-refractivity contribution is 5.87. The second-order valence-corrected chi connectivity index (χ2v) is 9.02. The van der Waals surface area contributed by atoms with Crippen LogP contribution < -0.4 is 10.1 Å². The van der Waals surface area contributed by atoms with Crippen molar-refractivity contribution >= 4 is 16.9 Å². The van der Waals surface area contributed by atoms with Crippen molar-refractivity contribution in [3.05, 3.63) is 71.7 Å². The third-order valence-corrected chi connectivity index (χ3v) is 6.19. The lowest BCUT2D eigenvalue weighted by molar-refractivity contribution is 0.0358. The average molecular weight is 473 g/mol. The van der Waals surface area contributed by atoms with Gasteiger partial charge in [0.25, 0.3) is 0 Å². The van der Waals surface area contributed by atoms with E-state index in [9.17, 15) is 0 Å². The maximum Gasteiger partial charge on any atom is 0.168 e. The molecule has 0 aliphatic carbocycles. The lowest BCUT2D eigenvalue weighted by Crippen LogP contribution is -2.37. The lowest BCUT2D eigenvalue weighted by atomic mass is 10.1. The van der Waals surface area contributed by atoms with Crippen LogP contribution in [0.1, 0.15) is 23.1 Å². The van der Waals surface area contributed by atoms with Crippen molar-refractivity contribution in [1.82, 2.24) is 24.6 Å². The third kappa shape index (κ3) is 5.78. The largest absolute Gasteiger partial charge is 0.494 e. The van der Waals surface area contributed by atoms with Crippen LogP contribution in [0, 0.1) is 13.8 Å². The Morgan fingerprint density at radius 3 is 2.54 bits per heavy atom. The summed E-state index contributed by atoms with van der Waals surface area (Å²) < 4.78 is 13.2. The molecule has 5 rings (SSSR count). The number of fused-ring (bicyclic) bond motifs is 1. The van der Waals surface area contributed by atoms with Crippen LogP contribution in [0.3, 0.4) is 0 Å². The number of rotatable bonds is 9. The molecular formula is C27H32N6O2. The molecule has 1 fully saturated rings. The SMILES string of the molecule is Cc1cc(C)cc(-n2ncc3c(NCc4ccc(OCCCN5CCOCC5)cc4)ncnc32)c1. The zero-order valence-corrected chi connectivity index (χ0v) is 20.4. The summed E-state index contributed by atoms with van der Waals surface area (Å²) in [5.74, 6) is 1.67. The Morgan fingerprint density at radius 2 is 1.77 bits per heavy atom. The first-order valence-electron chi connectivity index (χ1n) is 12.2. The van der Waals surface area contributed by atoms with E-state index in [4.69, 9.17) is 9.47 Å². The standard InChI is InChI=1S/C27H32N6O2/c1-20-14-21(2)16-23(15-20)33-27-25(18-31-33)26(29-19-30-27)28-17-22-4-6-24(7-5-22)35-11-3-8-32-9-12-34-13-10-32/h4-7,14-16,18-19H,3,8-13,17H2,1-2H3,(H,28,29,30). The predicted octanol–water partition coefficient (Wildman–Crippen LogP) is 4.15. The molecule has 1 N–H and O–H groups in total. The molecule has 1 aliphatic rings. The molecule has 8 nitrogen and oxygen atoms in total. The van der Waals surface area contributed by atoms with E-state index >= 15 is 0 Å². The lowest BCUT2D eigenvalue weighted by Gasteiger charge is -2.26. The van der Waals surface area contributed by atoms with Gasteiger partial charge >= 0.3 is 0 Å². The van der Waals surface area contributed by atoms with Crippen LogP contribution in [-0.2, 0) is 11.3 Å². The van der Waals surface area contributed by atoms with E-state index < -0.39 is 0 Å². The molecule has 2 aromatic heterocycles. The van der Waals surface area contributed by atoms with Gasteiger partial charge in [0.2, 0.25) is 0 Å². The first-order chi connectivity index (χ1) is 17.2. The molecule has 182 valence electrons. The second-order valence-electron chi connectivity index (χ2n) is 9.02. The smallest absolute Gasteiger partial charge is 0.168 e. The topological polar surface area (TPSA) is 77.3 Å². The van der Waals surface area contributed by atoms with E-state index in [0.717, 1.165) is 79.7 Å². The van der Waals surface area contributed by atoms with Crippen LogP contribution in [0.4, 0.5) is 5.82 Å². The third-order valence-electron chi connectivity index (χ3n) is 6.19. The number of benzene rings is 2. The number of aryl methyl sites for hydroxylation is 2. The van der Waals surface area contributed by atoms with Gasteiger partial charge in [-0.1, -0.05) is 18.2 Å². The van der Waals surface area contributed by atoms with Gasteiger partial charge < -0.3 is 14.8 Å². The summed E-state index contributed by atoms with van der Waals surface area (Å²) in [6.45, 7) is 10.3. The molecular weight excluding hydrogens is 440 g/mol. The van der Waals surface area contributed by atoms with Crippen molar-refractivity contribution in [2.75, 3.05) is 44.8 Å². The number of hydrogen-bond acceptors (Lipinski definition) is 7. The van der Waals surface area contributed by atoms with Gasteiger partial charge in [-0.25, -0.2) is 14.6 Å². The van der Waals surface area contributed by atoms with E-state index in [0.29, 0.717) is 6.54 Å². The highest BCUT2D eigenvalue weighted by Crippen LogP contribution is 2.23. The number of nitrogens with one attached hydrogen (secondary N) is 1. The molecule has 0 saturated carbocycles. The van der Waals surface area contributed by atoms with E-state index in [1.54, 1.807) is 6.33 Å². The molecule has 0 unspecified atom stereocenters. The molecule has 0 amide bonds. The molecule has 1 aliphatic heterocycles. The van der Waals surface area contributed by atoms with E-state index in [1.165, 1.54) is 11.1 Å². The van der Waals surface area contributed by atoms with Crippen molar-refractivity contribution in [2.45, 2.75) is 26.8 Å². The number of anilines is 1. The summed E-state index contributed by atoms with van der Waals surface area (Å²) in [4.78, 5) is 11.4. The van der Waals surface area contributed by atoms with Crippen LogP contribution in [0.25, 0.3) is 16.7 Å². The molecule has 35 heavy (non-hydrogen) atoms. The van der Waals surface area contributed by atoms with Gasteiger partial charge in [-0.05, 0) is 61.2 Å². The Balaban J connectivity index is 1.17. The molecule has 0 atom stereocenters. The molecule has 0 spiro atoms. The maximum absolute atomic E-state index is 5.92. The van der Waals surface area contributed by atoms with Gasteiger partial charge in [0.1, 0.15) is 17.9 Å². The minimum atomic E-state index is 0.651. The van der Waals surface area contributed by atoms with Crippen LogP contribution in [0.5, 0.6) is 5.75 Å². The molecule has 3 heterocycles. The zero-order chi connectivity index (χ0) is 24.0. The number of hydrogen-bond donors (Lipinski definition) is 1. The minimum absolute atomic E-state index is 0.651. The van der Waals surface area contributed by atoms with Crippen molar-refractivity contribution in [3.8, 4) is 11.4 Å². The second kappa shape index (κ2) is 10.8. The summed E-state index contributed by atoms with van der Waals surface area (Å²) in [5.41, 5.74) is 5.33. The van der Waals surface area contributed by atoms with Crippen molar-refractivity contribution in [2.24, 2.45) is 0 Å². The predicted molar refractivity (Wildman–Crippen MR) is 137 cm³/mol. The quantitative estimate of drug-likeness (QED) is 0.367. The minimum Gasteiger partial charge on any atom is -0.494 e. The summed E-state index contributed by atoms with van der Waals surface area (Å²) in [6.07, 6.45) is 4.42. The number of morpholine rings is 1. The summed E-state index contributed by atoms with van der Waals surface area (Å²) in [6, 6.07) is 14.6. The van der Waals surface area contributed by atoms with Crippen LogP contribution in [0.15, 0.2) is 55.0 Å². The molecule has 2 aromatic carbocycles. The Labute approximate surface area is 205 Å². The van der Waals surface area contributed by atoms with E-state index in [2.05, 4.69) is 69.5 Å². The maximum atomic E-state index is 5.92. The highest BCUT2D eigenvalue weighted by atomic mass is 16.5. The van der Waals surface area contributed by atoms with Gasteiger partial charge in [-0.15, -0.1) is 0 Å². The normalized spacial score (nSPS) is 14.3. The fourth-order valence-electron chi connectivity index (χ4n) is 4.44. The average Bonchev–Trinajstić information content (AvgIpc) is 3.31. The fourth-order valence-corrected chi connectivity index (χ4v) is 4.44. The molecule has 4 aromatic rings. The monoisotopic (exact) mass is 472 g/mol. The van der Waals surface area contributed by atoms with Crippen molar-refractivity contribution in [3.63, 3.8) is 0 Å². The first-order valence-corrected chi connectivity index (χ1v) is 12.2. The van der Waals surface area contributed by atoms with Crippen molar-refractivity contribution < 1.29 is 9.47 Å². The fraction of sp³-hybridized carbons (Fsp3) is 0.370. The van der Waals surface area contributed by atoms with Gasteiger partial charge in [0.05, 0.1) is 37.1 Å². The molecule has 0 bridgehead atoms. The van der Waals surface area contributed by atoms with Gasteiger partial charge in [0, 0.05) is 26.2 Å². The van der Waals surface area contributed by atoms with Gasteiger partial charge in [0.15, 0.2) is 5.65 Å². The summed E-state index contributed by atoms with van der Waals surface area (Å²) >= 11 is 0. The first kappa shape index (κ1) is 23.3.